The van der Waals surface area contributed by atoms with Gasteiger partial charge >= 0.3 is 6.16 Å². The fraction of sp³-hybridized carbons (Fsp3) is 0.250. The molecule has 0 aliphatic carbocycles. The first-order valence-electron chi connectivity index (χ1n) is 7.42. The summed E-state index contributed by atoms with van der Waals surface area (Å²) in [6.07, 6.45) is 2.13. The van der Waals surface area contributed by atoms with E-state index in [4.69, 9.17) is 14.6 Å². The third-order valence-corrected chi connectivity index (χ3v) is 3.92. The average molecular weight is 345 g/mol. The quantitative estimate of drug-likeness (QED) is 0.506. The topological polar surface area (TPSA) is 115 Å². The first-order valence-corrected chi connectivity index (χ1v) is 7.42. The van der Waals surface area contributed by atoms with Gasteiger partial charge in [-0.1, -0.05) is 12.1 Å². The Morgan fingerprint density at radius 2 is 2.08 bits per heavy atom. The molecule has 1 N–H and O–H groups in total. The molecule has 0 saturated heterocycles. The Labute approximate surface area is 142 Å². The van der Waals surface area contributed by atoms with Crippen LogP contribution < -0.4 is 4.74 Å². The molecule has 0 saturated carbocycles. The van der Waals surface area contributed by atoms with Crippen LogP contribution in [0.4, 0.5) is 4.79 Å². The third-order valence-electron chi connectivity index (χ3n) is 3.92. The number of fused-ring (bicyclic) bond motifs is 1. The molecule has 130 valence electrons. The van der Waals surface area contributed by atoms with Crippen LogP contribution in [-0.4, -0.2) is 40.3 Å². The minimum atomic E-state index is -1.42. The van der Waals surface area contributed by atoms with E-state index in [9.17, 15) is 14.9 Å². The number of hydrogen-bond donors (Lipinski definition) is 1. The van der Waals surface area contributed by atoms with Gasteiger partial charge < -0.3 is 19.5 Å². The van der Waals surface area contributed by atoms with Crippen molar-refractivity contribution in [1.82, 2.24) is 4.90 Å². The van der Waals surface area contributed by atoms with Crippen LogP contribution in [0.5, 0.6) is 5.75 Å². The largest absolute Gasteiger partial charge is 0.507 e. The van der Waals surface area contributed by atoms with Crippen LogP contribution in [-0.2, 0) is 4.74 Å². The third kappa shape index (κ3) is 3.44. The second kappa shape index (κ2) is 6.63. The molecule has 25 heavy (non-hydrogen) atoms. The highest BCUT2D eigenvalue weighted by Crippen LogP contribution is 2.34. The van der Waals surface area contributed by atoms with E-state index in [0.29, 0.717) is 11.6 Å². The van der Waals surface area contributed by atoms with Crippen molar-refractivity contribution in [2.75, 3.05) is 7.11 Å². The van der Waals surface area contributed by atoms with Gasteiger partial charge in [0.1, 0.15) is 11.6 Å². The molecule has 9 heteroatoms. The highest BCUT2D eigenvalue weighted by Gasteiger charge is 2.34. The lowest BCUT2D eigenvalue weighted by Crippen LogP contribution is -2.39. The van der Waals surface area contributed by atoms with E-state index < -0.39 is 17.3 Å². The number of carboxylic acid groups (broad SMARTS) is 1. The van der Waals surface area contributed by atoms with E-state index in [1.807, 2.05) is 12.1 Å². The summed E-state index contributed by atoms with van der Waals surface area (Å²) in [6, 6.07) is 6.82. The van der Waals surface area contributed by atoms with Crippen molar-refractivity contribution in [3.05, 3.63) is 64.0 Å². The maximum absolute atomic E-state index is 11.1. The van der Waals surface area contributed by atoms with Crippen LogP contribution in [0.25, 0.3) is 0 Å². The number of hydrogen-bond acceptors (Lipinski definition) is 7. The van der Waals surface area contributed by atoms with Crippen molar-refractivity contribution in [3.8, 4) is 5.75 Å². The van der Waals surface area contributed by atoms with Crippen LogP contribution in [0.15, 0.2) is 53.3 Å². The summed E-state index contributed by atoms with van der Waals surface area (Å²) in [5.74, 6) is 1.08. The number of aliphatic imine (C=N–C) groups is 1. The number of methoxy groups -OCH3 is 1. The molecule has 1 aromatic carbocycles. The predicted octanol–water partition coefficient (Wildman–Crippen LogP) is 2.55. The first-order chi connectivity index (χ1) is 12.0. The fourth-order valence-electron chi connectivity index (χ4n) is 2.78. The molecule has 1 aromatic rings. The van der Waals surface area contributed by atoms with Crippen molar-refractivity contribution in [1.29, 1.82) is 0 Å². The van der Waals surface area contributed by atoms with Crippen molar-refractivity contribution in [3.63, 3.8) is 0 Å². The number of allylic oxidation sites excluding steroid dienone is 1. The molecule has 2 heterocycles. The molecule has 2 aliphatic heterocycles. The van der Waals surface area contributed by atoms with Gasteiger partial charge in [-0.15, -0.1) is 0 Å². The van der Waals surface area contributed by atoms with Crippen molar-refractivity contribution in [2.45, 2.75) is 18.7 Å². The summed E-state index contributed by atoms with van der Waals surface area (Å²) < 4.78 is 9.93. The zero-order valence-electron chi connectivity index (χ0n) is 13.2. The summed E-state index contributed by atoms with van der Waals surface area (Å²) in [5.41, 5.74) is 0.761. The minimum absolute atomic E-state index is 0.0740. The number of nitro groups is 1. The average Bonchev–Trinajstić information content (AvgIpc) is 2.60. The second-order valence-electron chi connectivity index (χ2n) is 5.40. The predicted molar refractivity (Wildman–Crippen MR) is 86.7 cm³/mol. The molecular weight excluding hydrogens is 330 g/mol. The molecule has 0 radical (unpaired) electrons. The number of ether oxygens (including phenoxy) is 2. The number of carbonyl (C=O) groups is 1. The smallest absolute Gasteiger partial charge is 0.497 e. The molecule has 2 aliphatic rings. The fourth-order valence-corrected chi connectivity index (χ4v) is 2.78. The van der Waals surface area contributed by atoms with Gasteiger partial charge in [-0.3, -0.25) is 10.1 Å². The lowest BCUT2D eigenvalue weighted by molar-refractivity contribution is -0.420. The van der Waals surface area contributed by atoms with Gasteiger partial charge in [0.05, 0.1) is 24.3 Å². The lowest BCUT2D eigenvalue weighted by Gasteiger charge is -2.37. The van der Waals surface area contributed by atoms with Crippen molar-refractivity contribution in [2.24, 2.45) is 4.99 Å². The summed E-state index contributed by atoms with van der Waals surface area (Å²) in [5, 5.41) is 19.9. The Kier molecular flexibility index (Phi) is 4.38. The van der Waals surface area contributed by atoms with E-state index in [2.05, 4.69) is 4.99 Å². The summed E-state index contributed by atoms with van der Waals surface area (Å²) in [4.78, 5) is 27.3. The Bertz CT molecular complexity index is 784. The van der Waals surface area contributed by atoms with Gasteiger partial charge in [-0.25, -0.2) is 9.79 Å². The molecule has 0 spiro atoms. The van der Waals surface area contributed by atoms with Crippen LogP contribution >= 0.6 is 0 Å². The summed E-state index contributed by atoms with van der Waals surface area (Å²) in [7, 11) is 1.55. The number of nitrogens with zero attached hydrogens (tertiary/aromatic N) is 3. The monoisotopic (exact) mass is 345 g/mol. The number of rotatable bonds is 4. The lowest BCUT2D eigenvalue weighted by atomic mass is 9.98. The van der Waals surface area contributed by atoms with Crippen LogP contribution in [0.2, 0.25) is 0 Å². The molecule has 3 rings (SSSR count). The normalized spacial score (nSPS) is 21.7. The first kappa shape index (κ1) is 16.5. The molecule has 2 atom stereocenters. The highest BCUT2D eigenvalue weighted by molar-refractivity contribution is 5.96. The van der Waals surface area contributed by atoms with Gasteiger partial charge in [0.25, 0.3) is 5.70 Å². The number of benzene rings is 1. The zero-order valence-corrected chi connectivity index (χ0v) is 13.2. The standard InChI is InChI=1S/C16H15N3O6/c1-24-12-5-2-10(3-6-12)13-8-15(25-16(20)21)17-14-7-4-11(19(22)23)9-18(13)14/h2-7,9,13,15H,8H2,1H3,(H,20,21). The van der Waals surface area contributed by atoms with E-state index >= 15 is 0 Å². The molecule has 2 unspecified atom stereocenters. The maximum atomic E-state index is 11.1. The molecule has 0 aromatic heterocycles. The molecular formula is C16H15N3O6. The minimum Gasteiger partial charge on any atom is -0.497 e. The highest BCUT2D eigenvalue weighted by atomic mass is 16.7. The Balaban J connectivity index is 1.98. The zero-order chi connectivity index (χ0) is 18.0. The van der Waals surface area contributed by atoms with E-state index in [1.54, 1.807) is 24.1 Å². The van der Waals surface area contributed by atoms with Gasteiger partial charge in [0.2, 0.25) is 6.23 Å². The van der Waals surface area contributed by atoms with E-state index in [-0.39, 0.29) is 18.2 Å². The number of amidine groups is 1. The molecule has 0 fully saturated rings. The summed E-state index contributed by atoms with van der Waals surface area (Å²) in [6.45, 7) is 0. The van der Waals surface area contributed by atoms with Crippen molar-refractivity contribution >= 4 is 12.0 Å². The molecule has 9 nitrogen and oxygen atoms in total. The van der Waals surface area contributed by atoms with Gasteiger partial charge in [-0.05, 0) is 23.8 Å². The van der Waals surface area contributed by atoms with Gasteiger partial charge in [0.15, 0.2) is 0 Å². The maximum Gasteiger partial charge on any atom is 0.507 e. The van der Waals surface area contributed by atoms with E-state index in [1.165, 1.54) is 18.4 Å². The van der Waals surface area contributed by atoms with Gasteiger partial charge in [0, 0.05) is 12.5 Å². The SMILES string of the molecule is COc1ccc(C2CC(OC(=O)O)N=C3C=CC([N+](=O)[O-])=CN32)cc1. The Hall–Kier alpha value is -3.36. The molecule has 0 bridgehead atoms. The Morgan fingerprint density at radius 3 is 2.68 bits per heavy atom. The van der Waals surface area contributed by atoms with Gasteiger partial charge in [-0.2, -0.15) is 0 Å². The van der Waals surface area contributed by atoms with Crippen LogP contribution in [0, 0.1) is 10.1 Å². The van der Waals surface area contributed by atoms with Crippen molar-refractivity contribution < 1.29 is 24.3 Å². The summed E-state index contributed by atoms with van der Waals surface area (Å²) >= 11 is 0. The Morgan fingerprint density at radius 1 is 1.36 bits per heavy atom. The van der Waals surface area contributed by atoms with E-state index in [0.717, 1.165) is 5.56 Å². The second-order valence-corrected chi connectivity index (χ2v) is 5.40. The van der Waals surface area contributed by atoms with Crippen LogP contribution in [0.3, 0.4) is 0 Å². The van der Waals surface area contributed by atoms with Crippen LogP contribution in [0.1, 0.15) is 18.0 Å². The molecule has 0 amide bonds.